The summed E-state index contributed by atoms with van der Waals surface area (Å²) in [6, 6.07) is 1.79. The molecule has 1 aliphatic heterocycles. The van der Waals surface area contributed by atoms with Crippen molar-refractivity contribution in [2.24, 2.45) is 0 Å². The molecule has 1 aromatic heterocycles. The van der Waals surface area contributed by atoms with Gasteiger partial charge in [0.2, 0.25) is 5.88 Å². The van der Waals surface area contributed by atoms with Gasteiger partial charge in [-0.1, -0.05) is 0 Å². The van der Waals surface area contributed by atoms with Crippen LogP contribution in [0.4, 0.5) is 0 Å². The van der Waals surface area contributed by atoms with Crippen molar-refractivity contribution in [3.8, 4) is 5.88 Å². The zero-order valence-corrected chi connectivity index (χ0v) is 12.2. The summed E-state index contributed by atoms with van der Waals surface area (Å²) in [5.41, 5.74) is 0.950. The van der Waals surface area contributed by atoms with Gasteiger partial charge in [0.05, 0.1) is 6.42 Å². The molecule has 1 aromatic rings. The minimum atomic E-state index is -0.507. The Morgan fingerprint density at radius 3 is 2.85 bits per heavy atom. The van der Waals surface area contributed by atoms with Crippen LogP contribution in [0.5, 0.6) is 5.88 Å². The van der Waals surface area contributed by atoms with E-state index in [0.717, 1.165) is 11.1 Å². The van der Waals surface area contributed by atoms with Gasteiger partial charge < -0.3 is 9.47 Å². The fraction of sp³-hybridized carbons (Fsp3) is 0.533. The van der Waals surface area contributed by atoms with Gasteiger partial charge in [-0.2, -0.15) is 0 Å². The molecule has 0 aromatic carbocycles. The fourth-order valence-electron chi connectivity index (χ4n) is 1.99. The lowest BCUT2D eigenvalue weighted by atomic mass is 10.0. The summed E-state index contributed by atoms with van der Waals surface area (Å²) >= 11 is 0. The quantitative estimate of drug-likeness (QED) is 0.772. The highest BCUT2D eigenvalue weighted by atomic mass is 16.6. The second-order valence-electron chi connectivity index (χ2n) is 5.97. The smallest absolute Gasteiger partial charge is 0.310 e. The Labute approximate surface area is 118 Å². The van der Waals surface area contributed by atoms with Crippen LogP contribution in [0.25, 0.3) is 0 Å². The van der Waals surface area contributed by atoms with Crippen molar-refractivity contribution >= 4 is 11.8 Å². The van der Waals surface area contributed by atoms with E-state index in [-0.39, 0.29) is 18.2 Å². The summed E-state index contributed by atoms with van der Waals surface area (Å²) in [6.45, 7) is 7.18. The van der Waals surface area contributed by atoms with Crippen molar-refractivity contribution in [2.45, 2.75) is 52.2 Å². The molecule has 1 atom stereocenters. The number of ether oxygens (including phenoxy) is 2. The number of Topliss-reactive ketones (excluding diaryl/α,β-unsaturated/α-hetero) is 1. The summed E-state index contributed by atoms with van der Waals surface area (Å²) in [4.78, 5) is 27.6. The van der Waals surface area contributed by atoms with Crippen LogP contribution in [0.3, 0.4) is 0 Å². The molecule has 0 radical (unpaired) electrons. The first-order valence-corrected chi connectivity index (χ1v) is 6.63. The number of rotatable bonds is 2. The molecule has 20 heavy (non-hydrogen) atoms. The highest BCUT2D eigenvalue weighted by Crippen LogP contribution is 2.24. The van der Waals surface area contributed by atoms with Gasteiger partial charge in [0.15, 0.2) is 11.9 Å². The van der Waals surface area contributed by atoms with Gasteiger partial charge in [-0.15, -0.1) is 0 Å². The molecule has 2 rings (SSSR count). The van der Waals surface area contributed by atoms with Crippen LogP contribution >= 0.6 is 0 Å². The number of aromatic nitrogens is 1. The first-order valence-electron chi connectivity index (χ1n) is 6.63. The Hall–Kier alpha value is -1.91. The normalized spacial score (nSPS) is 18.2. The minimum absolute atomic E-state index is 0.0220. The lowest BCUT2D eigenvalue weighted by molar-refractivity contribution is -0.153. The number of fused-ring (bicyclic) bond motifs is 1. The number of hydrogen-bond acceptors (Lipinski definition) is 5. The number of carbonyl (C=O) groups is 2. The van der Waals surface area contributed by atoms with Crippen LogP contribution in [0.15, 0.2) is 12.3 Å². The molecule has 2 heterocycles. The number of ketones is 1. The molecular formula is C15H19NO4. The average molecular weight is 277 g/mol. The Bertz CT molecular complexity index is 545. The fourth-order valence-corrected chi connectivity index (χ4v) is 1.99. The topological polar surface area (TPSA) is 65.5 Å². The van der Waals surface area contributed by atoms with Crippen LogP contribution in [-0.2, 0) is 27.2 Å². The summed E-state index contributed by atoms with van der Waals surface area (Å²) < 4.78 is 10.7. The van der Waals surface area contributed by atoms with E-state index >= 15 is 0 Å². The van der Waals surface area contributed by atoms with E-state index in [1.54, 1.807) is 19.2 Å². The van der Waals surface area contributed by atoms with Gasteiger partial charge in [0.1, 0.15) is 5.60 Å². The lowest BCUT2D eigenvalue weighted by Crippen LogP contribution is -2.31. The Morgan fingerprint density at radius 1 is 1.50 bits per heavy atom. The summed E-state index contributed by atoms with van der Waals surface area (Å²) in [6.07, 6.45) is 1.57. The Morgan fingerprint density at radius 2 is 2.20 bits per heavy atom. The van der Waals surface area contributed by atoms with E-state index in [4.69, 9.17) is 9.47 Å². The SMILES string of the molecule is C[C@@H]1Oc2ncc(CC(=O)OC(C)(C)C)cc2CC1=O. The number of hydrogen-bond donors (Lipinski definition) is 0. The second-order valence-corrected chi connectivity index (χ2v) is 5.97. The Kier molecular flexibility index (Phi) is 3.79. The molecule has 0 amide bonds. The zero-order valence-electron chi connectivity index (χ0n) is 12.2. The molecule has 0 saturated carbocycles. The van der Waals surface area contributed by atoms with Gasteiger partial charge >= 0.3 is 5.97 Å². The highest BCUT2D eigenvalue weighted by molar-refractivity contribution is 5.87. The molecular weight excluding hydrogens is 258 g/mol. The van der Waals surface area contributed by atoms with Crippen LogP contribution in [-0.4, -0.2) is 28.4 Å². The van der Waals surface area contributed by atoms with Crippen LogP contribution < -0.4 is 4.74 Å². The maximum Gasteiger partial charge on any atom is 0.310 e. The minimum Gasteiger partial charge on any atom is -0.466 e. The van der Waals surface area contributed by atoms with Gasteiger partial charge in [0.25, 0.3) is 0 Å². The molecule has 1 aliphatic rings. The molecule has 0 N–H and O–H groups in total. The van der Waals surface area contributed by atoms with E-state index in [0.29, 0.717) is 12.3 Å². The van der Waals surface area contributed by atoms with Crippen LogP contribution in [0.1, 0.15) is 38.8 Å². The molecule has 0 unspecified atom stereocenters. The molecule has 0 aliphatic carbocycles. The van der Waals surface area contributed by atoms with Crippen molar-refractivity contribution in [2.75, 3.05) is 0 Å². The maximum atomic E-state index is 11.8. The molecule has 0 bridgehead atoms. The lowest BCUT2D eigenvalue weighted by Gasteiger charge is -2.22. The molecule has 5 heteroatoms. The number of pyridine rings is 1. The largest absolute Gasteiger partial charge is 0.466 e. The first-order chi connectivity index (χ1) is 9.24. The molecule has 0 fully saturated rings. The summed E-state index contributed by atoms with van der Waals surface area (Å²) in [7, 11) is 0. The first kappa shape index (κ1) is 14.5. The van der Waals surface area contributed by atoms with E-state index in [9.17, 15) is 9.59 Å². The van der Waals surface area contributed by atoms with Gasteiger partial charge in [-0.25, -0.2) is 4.98 Å². The highest BCUT2D eigenvalue weighted by Gasteiger charge is 2.25. The predicted molar refractivity (Wildman–Crippen MR) is 72.6 cm³/mol. The zero-order chi connectivity index (χ0) is 14.9. The number of carbonyl (C=O) groups excluding carboxylic acids is 2. The standard InChI is InChI=1S/C15H19NO4/c1-9-12(17)7-11-5-10(8-16-14(11)19-9)6-13(18)20-15(2,3)4/h5,8-9H,6-7H2,1-4H3/t9-/m0/s1. The van der Waals surface area contributed by atoms with Crippen molar-refractivity contribution in [1.82, 2.24) is 4.98 Å². The maximum absolute atomic E-state index is 11.8. The average Bonchev–Trinajstić information content (AvgIpc) is 2.28. The monoisotopic (exact) mass is 277 g/mol. The summed E-state index contributed by atoms with van der Waals surface area (Å²) in [5, 5.41) is 0. The van der Waals surface area contributed by atoms with Crippen molar-refractivity contribution in [3.63, 3.8) is 0 Å². The van der Waals surface area contributed by atoms with Crippen LogP contribution in [0, 0.1) is 0 Å². The summed E-state index contributed by atoms with van der Waals surface area (Å²) in [5.74, 6) is 0.189. The molecule has 0 saturated heterocycles. The predicted octanol–water partition coefficient (Wildman–Crippen LogP) is 1.86. The third kappa shape index (κ3) is 3.56. The van der Waals surface area contributed by atoms with Gasteiger partial charge in [0, 0.05) is 18.2 Å². The Balaban J connectivity index is 2.10. The van der Waals surface area contributed by atoms with Gasteiger partial charge in [-0.05, 0) is 39.3 Å². The molecule has 108 valence electrons. The third-order valence-electron chi connectivity index (χ3n) is 2.86. The molecule has 5 nitrogen and oxygen atoms in total. The van der Waals surface area contributed by atoms with E-state index < -0.39 is 11.7 Å². The van der Waals surface area contributed by atoms with Gasteiger partial charge in [-0.3, -0.25) is 9.59 Å². The van der Waals surface area contributed by atoms with Crippen LogP contribution in [0.2, 0.25) is 0 Å². The van der Waals surface area contributed by atoms with Crippen molar-refractivity contribution in [3.05, 3.63) is 23.4 Å². The van der Waals surface area contributed by atoms with E-state index in [1.165, 1.54) is 0 Å². The van der Waals surface area contributed by atoms with Crippen molar-refractivity contribution < 1.29 is 19.1 Å². The number of esters is 1. The second kappa shape index (κ2) is 5.23. The van der Waals surface area contributed by atoms with Crippen molar-refractivity contribution in [1.29, 1.82) is 0 Å². The van der Waals surface area contributed by atoms with E-state index in [1.807, 2.05) is 20.8 Å². The molecule has 0 spiro atoms. The van der Waals surface area contributed by atoms with E-state index in [2.05, 4.69) is 4.98 Å². The number of nitrogens with zero attached hydrogens (tertiary/aromatic N) is 1. The third-order valence-corrected chi connectivity index (χ3v) is 2.86.